The molecule has 8 nitrogen and oxygen atoms in total. The second kappa shape index (κ2) is 7.71. The lowest BCUT2D eigenvalue weighted by Crippen LogP contribution is -2.29. The minimum atomic E-state index is -0.238. The summed E-state index contributed by atoms with van der Waals surface area (Å²) < 4.78 is 9.04. The topological polar surface area (TPSA) is 105 Å². The van der Waals surface area contributed by atoms with Gasteiger partial charge in [-0.25, -0.2) is 14.8 Å². The molecule has 0 aliphatic heterocycles. The van der Waals surface area contributed by atoms with Crippen LogP contribution in [0.15, 0.2) is 65.7 Å². The van der Waals surface area contributed by atoms with Crippen LogP contribution in [0.5, 0.6) is 11.5 Å². The van der Waals surface area contributed by atoms with Crippen LogP contribution in [-0.4, -0.2) is 24.9 Å². The van der Waals surface area contributed by atoms with Gasteiger partial charge in [-0.2, -0.15) is 0 Å². The molecule has 1 fully saturated rings. The third-order valence-electron chi connectivity index (χ3n) is 5.63. The van der Waals surface area contributed by atoms with Crippen LogP contribution in [-0.2, 0) is 4.79 Å². The minimum Gasteiger partial charge on any atom is -0.457 e. The maximum atomic E-state index is 13.5. The van der Waals surface area contributed by atoms with E-state index in [1.165, 1.54) is 10.9 Å². The van der Waals surface area contributed by atoms with Gasteiger partial charge in [-0.1, -0.05) is 18.2 Å². The van der Waals surface area contributed by atoms with Crippen molar-refractivity contribution in [3.63, 3.8) is 0 Å². The fraction of sp³-hybridized carbons (Fsp3) is 0.217. The van der Waals surface area contributed by atoms with Crippen molar-refractivity contribution in [2.75, 3.05) is 5.73 Å². The Morgan fingerprint density at radius 3 is 2.29 bits per heavy atom. The maximum absolute atomic E-state index is 13.5. The van der Waals surface area contributed by atoms with E-state index in [0.29, 0.717) is 48.3 Å². The first-order valence-electron chi connectivity index (χ1n) is 10.2. The minimum absolute atomic E-state index is 0.0936. The second-order valence-electron chi connectivity index (χ2n) is 7.60. The molecule has 1 aliphatic rings. The molecule has 156 valence electrons. The molecule has 2 aromatic carbocycles. The summed E-state index contributed by atoms with van der Waals surface area (Å²) in [5.41, 5.74) is 7.52. The summed E-state index contributed by atoms with van der Waals surface area (Å²) in [6, 6.07) is 16.6. The number of benzene rings is 2. The summed E-state index contributed by atoms with van der Waals surface area (Å²) in [5, 5.41) is 0. The normalized spacial score (nSPS) is 14.8. The van der Waals surface area contributed by atoms with Gasteiger partial charge in [-0.05, 0) is 49.2 Å². The Bertz CT molecular complexity index is 1300. The van der Waals surface area contributed by atoms with E-state index in [1.54, 1.807) is 28.8 Å². The molecule has 0 unspecified atom stereocenters. The standard InChI is InChI=1S/C23H21N5O3/c24-21-20-22(26-14-25-21)28(16-6-10-17(29)11-7-16)23(30)27(20)15-8-12-19(13-9-15)31-18-4-2-1-3-5-18/h1-5,8-9,12-14,16H,6-7,10-11H2,(H2,24,25,26). The van der Waals surface area contributed by atoms with Crippen LogP contribution in [0.1, 0.15) is 31.7 Å². The van der Waals surface area contributed by atoms with Crippen molar-refractivity contribution in [1.82, 2.24) is 19.1 Å². The van der Waals surface area contributed by atoms with Crippen molar-refractivity contribution in [2.24, 2.45) is 0 Å². The number of Topliss-reactive ketones (excluding diaryl/α,β-unsaturated/α-hetero) is 1. The number of ketones is 1. The largest absolute Gasteiger partial charge is 0.457 e. The van der Waals surface area contributed by atoms with Gasteiger partial charge in [0.05, 0.1) is 5.69 Å². The number of hydrogen-bond acceptors (Lipinski definition) is 6. The van der Waals surface area contributed by atoms with Crippen LogP contribution in [0.25, 0.3) is 16.9 Å². The summed E-state index contributed by atoms with van der Waals surface area (Å²) in [5.74, 6) is 1.85. The lowest BCUT2D eigenvalue weighted by Gasteiger charge is -2.21. The molecule has 0 saturated heterocycles. The van der Waals surface area contributed by atoms with Crippen molar-refractivity contribution in [1.29, 1.82) is 0 Å². The van der Waals surface area contributed by atoms with Gasteiger partial charge < -0.3 is 10.5 Å². The average Bonchev–Trinajstić information content (AvgIpc) is 3.09. The van der Waals surface area contributed by atoms with Gasteiger partial charge in [-0.3, -0.25) is 13.9 Å². The molecule has 4 aromatic rings. The van der Waals surface area contributed by atoms with E-state index in [1.807, 2.05) is 30.3 Å². The summed E-state index contributed by atoms with van der Waals surface area (Å²) in [6.07, 6.45) is 3.53. The molecular weight excluding hydrogens is 394 g/mol. The SMILES string of the molecule is Nc1ncnc2c1n(-c1ccc(Oc3ccccc3)cc1)c(=O)n2C1CCC(=O)CC1. The Hall–Kier alpha value is -3.94. The van der Waals surface area contributed by atoms with E-state index < -0.39 is 0 Å². The molecule has 0 radical (unpaired) electrons. The summed E-state index contributed by atoms with van der Waals surface area (Å²) in [4.78, 5) is 33.6. The molecule has 2 aromatic heterocycles. The number of aromatic nitrogens is 4. The molecule has 0 atom stereocenters. The van der Waals surface area contributed by atoms with Crippen LogP contribution < -0.4 is 16.2 Å². The highest BCUT2D eigenvalue weighted by Crippen LogP contribution is 2.30. The zero-order chi connectivity index (χ0) is 21.4. The van der Waals surface area contributed by atoms with Gasteiger partial charge in [0.2, 0.25) is 0 Å². The Morgan fingerprint density at radius 2 is 1.58 bits per heavy atom. The van der Waals surface area contributed by atoms with Crippen LogP contribution in [0.2, 0.25) is 0 Å². The molecule has 1 saturated carbocycles. The zero-order valence-electron chi connectivity index (χ0n) is 16.8. The highest BCUT2D eigenvalue weighted by molar-refractivity contribution is 5.84. The Labute approximate surface area is 177 Å². The van der Waals surface area contributed by atoms with Crippen molar-refractivity contribution in [2.45, 2.75) is 31.7 Å². The van der Waals surface area contributed by atoms with E-state index in [2.05, 4.69) is 9.97 Å². The van der Waals surface area contributed by atoms with Crippen LogP contribution in [0, 0.1) is 0 Å². The predicted molar refractivity (Wildman–Crippen MR) is 117 cm³/mol. The fourth-order valence-corrected chi connectivity index (χ4v) is 4.11. The van der Waals surface area contributed by atoms with E-state index in [0.717, 1.165) is 5.75 Å². The van der Waals surface area contributed by atoms with Gasteiger partial charge in [0, 0.05) is 18.9 Å². The van der Waals surface area contributed by atoms with Crippen LogP contribution >= 0.6 is 0 Å². The Kier molecular flexibility index (Phi) is 4.74. The van der Waals surface area contributed by atoms with E-state index in [9.17, 15) is 9.59 Å². The lowest BCUT2D eigenvalue weighted by atomic mass is 9.94. The average molecular weight is 415 g/mol. The fourth-order valence-electron chi connectivity index (χ4n) is 4.11. The van der Waals surface area contributed by atoms with Crippen LogP contribution in [0.3, 0.4) is 0 Å². The summed E-state index contributed by atoms with van der Waals surface area (Å²) >= 11 is 0. The number of nitrogens with zero attached hydrogens (tertiary/aromatic N) is 4. The number of fused-ring (bicyclic) bond motifs is 1. The van der Waals surface area contributed by atoms with E-state index in [-0.39, 0.29) is 23.3 Å². The summed E-state index contributed by atoms with van der Waals surface area (Å²) in [7, 11) is 0. The van der Waals surface area contributed by atoms with Gasteiger partial charge in [-0.15, -0.1) is 0 Å². The Morgan fingerprint density at radius 1 is 0.903 bits per heavy atom. The zero-order valence-corrected chi connectivity index (χ0v) is 16.8. The second-order valence-corrected chi connectivity index (χ2v) is 7.60. The quantitative estimate of drug-likeness (QED) is 0.546. The first kappa shape index (κ1) is 19.0. The molecule has 1 aliphatic carbocycles. The Balaban J connectivity index is 1.58. The van der Waals surface area contributed by atoms with Crippen molar-refractivity contribution < 1.29 is 9.53 Å². The number of ether oxygens (including phenoxy) is 1. The number of hydrogen-bond donors (Lipinski definition) is 1. The lowest BCUT2D eigenvalue weighted by molar-refractivity contribution is -0.120. The molecule has 2 N–H and O–H groups in total. The van der Waals surface area contributed by atoms with Gasteiger partial charge in [0.15, 0.2) is 11.5 Å². The molecule has 5 rings (SSSR count). The number of anilines is 1. The number of para-hydroxylation sites is 1. The number of nitrogen functional groups attached to an aromatic ring is 1. The van der Waals surface area contributed by atoms with E-state index in [4.69, 9.17) is 10.5 Å². The first-order chi connectivity index (χ1) is 15.1. The molecule has 2 heterocycles. The maximum Gasteiger partial charge on any atom is 0.335 e. The van der Waals surface area contributed by atoms with Crippen LogP contribution in [0.4, 0.5) is 5.82 Å². The monoisotopic (exact) mass is 415 g/mol. The third-order valence-corrected chi connectivity index (χ3v) is 5.63. The highest BCUT2D eigenvalue weighted by atomic mass is 16.5. The van der Waals surface area contributed by atoms with Gasteiger partial charge in [0.25, 0.3) is 0 Å². The van der Waals surface area contributed by atoms with Gasteiger partial charge >= 0.3 is 5.69 Å². The van der Waals surface area contributed by atoms with Crippen molar-refractivity contribution in [3.05, 3.63) is 71.4 Å². The highest BCUT2D eigenvalue weighted by Gasteiger charge is 2.27. The number of carbonyl (C=O) groups excluding carboxylic acids is 1. The van der Waals surface area contributed by atoms with Crippen molar-refractivity contribution >= 4 is 22.8 Å². The van der Waals surface area contributed by atoms with Gasteiger partial charge in [0.1, 0.15) is 29.1 Å². The summed E-state index contributed by atoms with van der Waals surface area (Å²) in [6.45, 7) is 0. The molecule has 0 amide bonds. The smallest absolute Gasteiger partial charge is 0.335 e. The molecular formula is C23H21N5O3. The first-order valence-corrected chi connectivity index (χ1v) is 10.2. The van der Waals surface area contributed by atoms with Crippen molar-refractivity contribution in [3.8, 4) is 17.2 Å². The number of rotatable bonds is 4. The molecule has 0 bridgehead atoms. The number of nitrogens with two attached hydrogens (primary N) is 1. The third kappa shape index (κ3) is 3.46. The molecule has 8 heteroatoms. The molecule has 0 spiro atoms. The number of imidazole rings is 1. The number of carbonyl (C=O) groups is 1. The predicted octanol–water partition coefficient (Wildman–Crippen LogP) is 3.64. The van der Waals surface area contributed by atoms with E-state index >= 15 is 0 Å². The molecule has 31 heavy (non-hydrogen) atoms.